The van der Waals surface area contributed by atoms with Gasteiger partial charge in [0.15, 0.2) is 11.5 Å². The van der Waals surface area contributed by atoms with E-state index in [1.807, 2.05) is 0 Å². The van der Waals surface area contributed by atoms with E-state index in [2.05, 4.69) is 15.0 Å². The van der Waals surface area contributed by atoms with E-state index in [9.17, 15) is 9.18 Å². The van der Waals surface area contributed by atoms with Gasteiger partial charge in [-0.25, -0.2) is 14.4 Å². The van der Waals surface area contributed by atoms with Crippen LogP contribution in [0.3, 0.4) is 0 Å². The maximum absolute atomic E-state index is 13.3. The molecule has 0 fully saturated rings. The molecular weight excluding hydrogens is 339 g/mol. The number of nitrogens with one attached hydrogen (secondary N) is 1. The molecular formula is C18H15FN4O3. The van der Waals surface area contributed by atoms with Gasteiger partial charge in [-0.15, -0.1) is 0 Å². The number of imidazole rings is 1. The van der Waals surface area contributed by atoms with Crippen LogP contribution in [0, 0.1) is 5.82 Å². The van der Waals surface area contributed by atoms with E-state index >= 15 is 0 Å². The van der Waals surface area contributed by atoms with E-state index in [1.165, 1.54) is 37.2 Å². The Hall–Kier alpha value is -3.42. The van der Waals surface area contributed by atoms with Crippen LogP contribution >= 0.6 is 0 Å². The number of halogens is 1. The van der Waals surface area contributed by atoms with Crippen LogP contribution in [0.5, 0.6) is 11.5 Å². The molecule has 1 N–H and O–H groups in total. The van der Waals surface area contributed by atoms with Crippen molar-refractivity contribution in [2.75, 3.05) is 14.2 Å². The summed E-state index contributed by atoms with van der Waals surface area (Å²) in [7, 11) is 3.03. The molecule has 26 heavy (non-hydrogen) atoms. The van der Waals surface area contributed by atoms with Crippen molar-refractivity contribution in [2.24, 2.45) is 0 Å². The van der Waals surface area contributed by atoms with Crippen LogP contribution < -0.4 is 15.0 Å². The smallest absolute Gasteiger partial charge is 0.261 e. The van der Waals surface area contributed by atoms with Gasteiger partial charge in [-0.2, -0.15) is 0 Å². The molecule has 0 bridgehead atoms. The highest BCUT2D eigenvalue weighted by Gasteiger charge is 2.12. The maximum atomic E-state index is 13.3. The van der Waals surface area contributed by atoms with Crippen LogP contribution in [0.25, 0.3) is 21.9 Å². The van der Waals surface area contributed by atoms with Crippen LogP contribution in [-0.4, -0.2) is 33.7 Å². The quantitative estimate of drug-likeness (QED) is 0.609. The molecule has 8 heteroatoms. The van der Waals surface area contributed by atoms with Crippen LogP contribution in [0.15, 0.2) is 41.5 Å². The Labute approximate surface area is 147 Å². The number of benzene rings is 2. The molecule has 2 heterocycles. The van der Waals surface area contributed by atoms with Gasteiger partial charge in [0.05, 0.1) is 49.0 Å². The summed E-state index contributed by atoms with van der Waals surface area (Å²) in [6.07, 6.45) is 1.45. The van der Waals surface area contributed by atoms with Gasteiger partial charge in [0.1, 0.15) is 11.6 Å². The summed E-state index contributed by atoms with van der Waals surface area (Å²) in [6.45, 7) is 0.187. The minimum Gasteiger partial charge on any atom is -0.493 e. The van der Waals surface area contributed by atoms with Crippen molar-refractivity contribution >= 4 is 21.9 Å². The third-order valence-electron chi connectivity index (χ3n) is 4.14. The van der Waals surface area contributed by atoms with Crippen molar-refractivity contribution in [3.05, 3.63) is 58.7 Å². The van der Waals surface area contributed by atoms with Gasteiger partial charge in [-0.05, 0) is 24.3 Å². The number of nitrogens with zero attached hydrogens (tertiary/aromatic N) is 3. The summed E-state index contributed by atoms with van der Waals surface area (Å²) in [6, 6.07) is 7.56. The Balaban J connectivity index is 1.78. The third-order valence-corrected chi connectivity index (χ3v) is 4.14. The summed E-state index contributed by atoms with van der Waals surface area (Å²) in [5, 5.41) is 0.410. The van der Waals surface area contributed by atoms with Crippen molar-refractivity contribution in [3.63, 3.8) is 0 Å². The second kappa shape index (κ2) is 6.14. The van der Waals surface area contributed by atoms with E-state index in [-0.39, 0.29) is 17.9 Å². The summed E-state index contributed by atoms with van der Waals surface area (Å²) < 4.78 is 25.2. The van der Waals surface area contributed by atoms with Crippen molar-refractivity contribution in [1.29, 1.82) is 0 Å². The molecule has 0 atom stereocenters. The Morgan fingerprint density at radius 3 is 2.65 bits per heavy atom. The number of methoxy groups -OCH3 is 2. The zero-order chi connectivity index (χ0) is 18.3. The summed E-state index contributed by atoms with van der Waals surface area (Å²) >= 11 is 0. The Morgan fingerprint density at radius 2 is 1.88 bits per heavy atom. The van der Waals surface area contributed by atoms with Crippen LogP contribution in [0.1, 0.15) is 5.82 Å². The van der Waals surface area contributed by atoms with Gasteiger partial charge in [0.25, 0.3) is 5.56 Å². The van der Waals surface area contributed by atoms with Gasteiger partial charge in [-0.3, -0.25) is 9.36 Å². The number of aromatic nitrogens is 4. The molecule has 7 nitrogen and oxygen atoms in total. The number of ether oxygens (including phenoxy) is 2. The van der Waals surface area contributed by atoms with E-state index in [1.54, 1.807) is 18.2 Å². The molecule has 0 unspecified atom stereocenters. The number of H-pyrrole nitrogens is 1. The lowest BCUT2D eigenvalue weighted by Crippen LogP contribution is -2.21. The van der Waals surface area contributed by atoms with E-state index < -0.39 is 0 Å². The zero-order valence-electron chi connectivity index (χ0n) is 14.1. The minimum atomic E-state index is -0.349. The number of fused-ring (bicyclic) bond motifs is 2. The second-order valence-electron chi connectivity index (χ2n) is 5.75. The van der Waals surface area contributed by atoms with Crippen molar-refractivity contribution < 1.29 is 13.9 Å². The fourth-order valence-electron chi connectivity index (χ4n) is 2.87. The predicted molar refractivity (Wildman–Crippen MR) is 94.3 cm³/mol. The van der Waals surface area contributed by atoms with E-state index in [0.717, 1.165) is 0 Å². The summed E-state index contributed by atoms with van der Waals surface area (Å²) in [5.41, 5.74) is 1.49. The molecule has 0 aliphatic rings. The standard InChI is InChI=1S/C18H15FN4O3/c1-25-15-6-11-13(7-16(15)26-2)20-9-23(18(11)24)8-17-21-12-4-3-10(19)5-14(12)22-17/h3-7,9H,8H2,1-2H3,(H,21,22). The zero-order valence-corrected chi connectivity index (χ0v) is 14.1. The molecule has 132 valence electrons. The number of rotatable bonds is 4. The van der Waals surface area contributed by atoms with Gasteiger partial charge in [0, 0.05) is 6.07 Å². The first-order valence-electron chi connectivity index (χ1n) is 7.84. The van der Waals surface area contributed by atoms with E-state index in [4.69, 9.17) is 9.47 Å². The third kappa shape index (κ3) is 2.65. The highest BCUT2D eigenvalue weighted by Crippen LogP contribution is 2.29. The molecule has 0 radical (unpaired) electrons. The molecule has 0 aliphatic heterocycles. The molecule has 4 rings (SSSR count). The highest BCUT2D eigenvalue weighted by atomic mass is 19.1. The molecule has 0 spiro atoms. The first kappa shape index (κ1) is 16.1. The number of hydrogen-bond acceptors (Lipinski definition) is 5. The molecule has 0 aliphatic carbocycles. The fraction of sp³-hybridized carbons (Fsp3) is 0.167. The Bertz CT molecular complexity index is 1180. The molecule has 2 aromatic carbocycles. The molecule has 0 amide bonds. The first-order chi connectivity index (χ1) is 12.6. The van der Waals surface area contributed by atoms with Crippen LogP contribution in [-0.2, 0) is 6.54 Å². The number of aromatic amines is 1. The Morgan fingerprint density at radius 1 is 1.12 bits per heavy atom. The largest absolute Gasteiger partial charge is 0.493 e. The second-order valence-corrected chi connectivity index (χ2v) is 5.75. The molecule has 0 saturated heterocycles. The minimum absolute atomic E-state index is 0.187. The van der Waals surface area contributed by atoms with Crippen molar-refractivity contribution in [3.8, 4) is 11.5 Å². The first-order valence-corrected chi connectivity index (χ1v) is 7.84. The SMILES string of the molecule is COc1cc2ncn(Cc3nc4ccc(F)cc4[nH]3)c(=O)c2cc1OC. The number of hydrogen-bond donors (Lipinski definition) is 1. The van der Waals surface area contributed by atoms with E-state index in [0.29, 0.717) is 39.3 Å². The molecule has 4 aromatic rings. The van der Waals surface area contributed by atoms with Gasteiger partial charge in [0.2, 0.25) is 0 Å². The van der Waals surface area contributed by atoms with Crippen molar-refractivity contribution in [2.45, 2.75) is 6.54 Å². The predicted octanol–water partition coefficient (Wildman–Crippen LogP) is 2.48. The van der Waals surface area contributed by atoms with Gasteiger partial charge in [-0.1, -0.05) is 0 Å². The fourth-order valence-corrected chi connectivity index (χ4v) is 2.87. The normalized spacial score (nSPS) is 11.2. The average molecular weight is 354 g/mol. The van der Waals surface area contributed by atoms with Crippen LogP contribution in [0.4, 0.5) is 4.39 Å². The summed E-state index contributed by atoms with van der Waals surface area (Å²) in [4.78, 5) is 24.5. The van der Waals surface area contributed by atoms with Crippen molar-refractivity contribution in [1.82, 2.24) is 19.5 Å². The topological polar surface area (TPSA) is 82.0 Å². The average Bonchev–Trinajstić information content (AvgIpc) is 3.04. The highest BCUT2D eigenvalue weighted by molar-refractivity contribution is 5.81. The van der Waals surface area contributed by atoms with Gasteiger partial charge >= 0.3 is 0 Å². The van der Waals surface area contributed by atoms with Gasteiger partial charge < -0.3 is 14.5 Å². The lowest BCUT2D eigenvalue weighted by molar-refractivity contribution is 0.355. The monoisotopic (exact) mass is 354 g/mol. The lowest BCUT2D eigenvalue weighted by atomic mass is 10.2. The molecule has 0 saturated carbocycles. The maximum Gasteiger partial charge on any atom is 0.261 e. The Kier molecular flexibility index (Phi) is 3.80. The summed E-state index contributed by atoms with van der Waals surface area (Å²) in [5.74, 6) is 1.15. The van der Waals surface area contributed by atoms with Crippen LogP contribution in [0.2, 0.25) is 0 Å². The lowest BCUT2D eigenvalue weighted by Gasteiger charge is -2.10. The molecule has 2 aromatic heterocycles.